The van der Waals surface area contributed by atoms with Crippen LogP contribution in [0.2, 0.25) is 0 Å². The number of hydrogen-bond donors (Lipinski definition) is 0. The van der Waals surface area contributed by atoms with Crippen molar-refractivity contribution in [2.24, 2.45) is 23.2 Å². The molecule has 1 aromatic heterocycles. The fraction of sp³-hybridized carbons (Fsp3) is 0.842. The lowest BCUT2D eigenvalue weighted by molar-refractivity contribution is -0.0741. The fourth-order valence-corrected chi connectivity index (χ4v) is 7.21. The summed E-state index contributed by atoms with van der Waals surface area (Å²) >= 11 is 0. The molecular formula is C19H28N2O. The number of rotatable bonds is 2. The van der Waals surface area contributed by atoms with Gasteiger partial charge in [0.2, 0.25) is 0 Å². The molecule has 4 fully saturated rings. The van der Waals surface area contributed by atoms with Gasteiger partial charge in [0.05, 0.1) is 0 Å². The maximum Gasteiger partial charge on any atom is 0.266 e. The van der Waals surface area contributed by atoms with Crippen LogP contribution in [0, 0.1) is 23.2 Å². The molecule has 5 aliphatic rings. The third kappa shape index (κ3) is 1.71. The molecule has 6 rings (SSSR count). The van der Waals surface area contributed by atoms with E-state index in [1.54, 1.807) is 0 Å². The summed E-state index contributed by atoms with van der Waals surface area (Å²) in [7, 11) is 0. The first-order chi connectivity index (χ1) is 10.7. The van der Waals surface area contributed by atoms with Crippen LogP contribution >= 0.6 is 0 Å². The standard InChI is InChI=1S/C19H28N2O/c1-2-20-18(22)9-17-16(4-3-5-21(17)20)19-10-13-6-14(11-19)8-15(7-13)12-19/h9,13-16H,2-8,10-12H2,1H3. The smallest absolute Gasteiger partial charge is 0.266 e. The van der Waals surface area contributed by atoms with E-state index in [0.29, 0.717) is 11.3 Å². The first-order valence-electron chi connectivity index (χ1n) is 9.49. The molecule has 22 heavy (non-hydrogen) atoms. The molecule has 0 N–H and O–H groups in total. The van der Waals surface area contributed by atoms with Crippen LogP contribution in [-0.4, -0.2) is 9.36 Å². The molecule has 0 spiro atoms. The molecule has 1 unspecified atom stereocenters. The number of fused-ring (bicyclic) bond motifs is 1. The summed E-state index contributed by atoms with van der Waals surface area (Å²) in [5.74, 6) is 3.67. The summed E-state index contributed by atoms with van der Waals surface area (Å²) in [4.78, 5) is 12.4. The molecule has 3 heteroatoms. The highest BCUT2D eigenvalue weighted by atomic mass is 16.1. The van der Waals surface area contributed by atoms with Crippen molar-refractivity contribution in [1.29, 1.82) is 0 Å². The predicted octanol–water partition coefficient (Wildman–Crippen LogP) is 3.76. The van der Waals surface area contributed by atoms with E-state index in [9.17, 15) is 4.79 Å². The summed E-state index contributed by atoms with van der Waals surface area (Å²) in [5, 5.41) is 0. The molecule has 1 aliphatic heterocycles. The fourth-order valence-electron chi connectivity index (χ4n) is 7.21. The lowest BCUT2D eigenvalue weighted by Crippen LogP contribution is -2.49. The topological polar surface area (TPSA) is 26.9 Å². The van der Waals surface area contributed by atoms with Crippen molar-refractivity contribution in [3.8, 4) is 0 Å². The normalized spacial score (nSPS) is 42.6. The van der Waals surface area contributed by atoms with Crippen molar-refractivity contribution in [3.05, 3.63) is 22.1 Å². The van der Waals surface area contributed by atoms with E-state index in [2.05, 4.69) is 11.6 Å². The molecule has 0 aromatic carbocycles. The molecule has 3 nitrogen and oxygen atoms in total. The molecule has 1 aromatic rings. The van der Waals surface area contributed by atoms with E-state index in [-0.39, 0.29) is 5.56 Å². The monoisotopic (exact) mass is 300 g/mol. The Balaban J connectivity index is 1.59. The Bertz CT molecular complexity index is 618. The first-order valence-corrected chi connectivity index (χ1v) is 9.49. The second-order valence-corrected chi connectivity index (χ2v) is 8.72. The summed E-state index contributed by atoms with van der Waals surface area (Å²) < 4.78 is 4.32. The van der Waals surface area contributed by atoms with Gasteiger partial charge in [0.25, 0.3) is 5.56 Å². The zero-order valence-electron chi connectivity index (χ0n) is 13.8. The Hall–Kier alpha value is -0.990. The highest BCUT2D eigenvalue weighted by Crippen LogP contribution is 2.65. The molecular weight excluding hydrogens is 272 g/mol. The summed E-state index contributed by atoms with van der Waals surface area (Å²) in [5.41, 5.74) is 2.16. The van der Waals surface area contributed by atoms with Gasteiger partial charge < -0.3 is 0 Å². The van der Waals surface area contributed by atoms with Gasteiger partial charge in [-0.3, -0.25) is 14.2 Å². The van der Waals surface area contributed by atoms with Crippen LogP contribution in [0.5, 0.6) is 0 Å². The number of nitrogens with zero attached hydrogens (tertiary/aromatic N) is 2. The van der Waals surface area contributed by atoms with Gasteiger partial charge in [-0.05, 0) is 81.5 Å². The van der Waals surface area contributed by atoms with Crippen LogP contribution in [0.1, 0.15) is 69.9 Å². The number of aromatic nitrogens is 2. The predicted molar refractivity (Wildman–Crippen MR) is 86.9 cm³/mol. The highest BCUT2D eigenvalue weighted by molar-refractivity contribution is 5.19. The van der Waals surface area contributed by atoms with Gasteiger partial charge in [0.1, 0.15) is 0 Å². The SMILES string of the molecule is CCn1c(=O)cc2n1CCCC2C12CC3CC(CC(C3)C1)C2. The average Bonchev–Trinajstić information content (AvgIpc) is 2.80. The van der Waals surface area contributed by atoms with Gasteiger partial charge in [-0.25, -0.2) is 0 Å². The summed E-state index contributed by atoms with van der Waals surface area (Å²) in [6.45, 7) is 3.96. The van der Waals surface area contributed by atoms with Gasteiger partial charge in [0.15, 0.2) is 0 Å². The van der Waals surface area contributed by atoms with Gasteiger partial charge >= 0.3 is 0 Å². The lowest BCUT2D eigenvalue weighted by atomic mass is 9.45. The van der Waals surface area contributed by atoms with Crippen LogP contribution in [0.25, 0.3) is 0 Å². The largest absolute Gasteiger partial charge is 0.286 e. The van der Waals surface area contributed by atoms with Crippen molar-refractivity contribution in [3.63, 3.8) is 0 Å². The van der Waals surface area contributed by atoms with E-state index >= 15 is 0 Å². The number of hydrogen-bond acceptors (Lipinski definition) is 1. The Kier molecular flexibility index (Phi) is 2.76. The zero-order valence-corrected chi connectivity index (χ0v) is 13.8. The van der Waals surface area contributed by atoms with Crippen molar-refractivity contribution in [1.82, 2.24) is 9.36 Å². The Morgan fingerprint density at radius 1 is 1.14 bits per heavy atom. The molecule has 0 radical (unpaired) electrons. The van der Waals surface area contributed by atoms with E-state index in [1.165, 1.54) is 57.1 Å². The third-order valence-corrected chi connectivity index (χ3v) is 7.46. The first kappa shape index (κ1) is 13.4. The van der Waals surface area contributed by atoms with Crippen LogP contribution in [0.3, 0.4) is 0 Å². The third-order valence-electron chi connectivity index (χ3n) is 7.46. The van der Waals surface area contributed by atoms with Crippen molar-refractivity contribution >= 4 is 0 Å². The van der Waals surface area contributed by atoms with Crippen molar-refractivity contribution in [2.45, 2.75) is 77.3 Å². The van der Waals surface area contributed by atoms with Crippen LogP contribution in [0.15, 0.2) is 10.9 Å². The summed E-state index contributed by atoms with van der Waals surface area (Å²) in [6.07, 6.45) is 11.5. The van der Waals surface area contributed by atoms with Gasteiger partial charge in [-0.2, -0.15) is 0 Å². The second kappa shape index (κ2) is 4.52. The van der Waals surface area contributed by atoms with E-state index in [4.69, 9.17) is 0 Å². The molecule has 1 atom stereocenters. The Morgan fingerprint density at radius 2 is 1.77 bits per heavy atom. The van der Waals surface area contributed by atoms with Crippen LogP contribution in [-0.2, 0) is 13.1 Å². The van der Waals surface area contributed by atoms with E-state index < -0.39 is 0 Å². The van der Waals surface area contributed by atoms with E-state index in [1.807, 2.05) is 10.7 Å². The maximum atomic E-state index is 12.4. The quantitative estimate of drug-likeness (QED) is 0.817. The van der Waals surface area contributed by atoms with E-state index in [0.717, 1.165) is 30.8 Å². The minimum absolute atomic E-state index is 0.231. The van der Waals surface area contributed by atoms with Gasteiger partial charge in [0, 0.05) is 30.8 Å². The minimum Gasteiger partial charge on any atom is -0.286 e. The maximum absolute atomic E-state index is 12.4. The Labute approximate surface area is 132 Å². The van der Waals surface area contributed by atoms with Gasteiger partial charge in [-0.1, -0.05) is 0 Å². The lowest BCUT2D eigenvalue weighted by Gasteiger charge is -2.60. The molecule has 4 bridgehead atoms. The molecule has 0 saturated heterocycles. The molecule has 2 heterocycles. The van der Waals surface area contributed by atoms with Crippen molar-refractivity contribution in [2.75, 3.05) is 0 Å². The highest BCUT2D eigenvalue weighted by Gasteiger charge is 2.55. The molecule has 120 valence electrons. The van der Waals surface area contributed by atoms with Crippen LogP contribution in [0.4, 0.5) is 0 Å². The minimum atomic E-state index is 0.231. The molecule has 4 saturated carbocycles. The molecule has 0 amide bonds. The zero-order chi connectivity index (χ0) is 14.9. The average molecular weight is 300 g/mol. The second-order valence-electron chi connectivity index (χ2n) is 8.72. The van der Waals surface area contributed by atoms with Crippen molar-refractivity contribution < 1.29 is 0 Å². The summed E-state index contributed by atoms with van der Waals surface area (Å²) in [6, 6.07) is 1.99. The Morgan fingerprint density at radius 3 is 2.36 bits per heavy atom. The van der Waals surface area contributed by atoms with Crippen LogP contribution < -0.4 is 5.56 Å². The van der Waals surface area contributed by atoms with Gasteiger partial charge in [-0.15, -0.1) is 0 Å². The molecule has 4 aliphatic carbocycles.